The molecular weight excluding hydrogens is 403 g/mol. The maximum atomic E-state index is 17.9. The van der Waals surface area contributed by atoms with Crippen LogP contribution in [0.2, 0.25) is 39.3 Å². The van der Waals surface area contributed by atoms with Crippen molar-refractivity contribution >= 4 is 28.6 Å². The largest absolute Gasteiger partial charge is 0.469 e. The molecule has 1 aromatic heterocycles. The van der Waals surface area contributed by atoms with E-state index < -0.39 is 33.6 Å². The summed E-state index contributed by atoms with van der Waals surface area (Å²) in [5.41, 5.74) is 1.00. The molecule has 0 spiro atoms. The zero-order valence-corrected chi connectivity index (χ0v) is 20.9. The highest BCUT2D eigenvalue weighted by molar-refractivity contribution is 7.67. The summed E-state index contributed by atoms with van der Waals surface area (Å²) >= 11 is 0. The molecule has 0 bridgehead atoms. The number of halogens is 1. The van der Waals surface area contributed by atoms with Crippen molar-refractivity contribution in [2.75, 3.05) is 7.11 Å². The maximum Gasteiger partial charge on any atom is 0.310 e. The first-order chi connectivity index (χ1) is 12.9. The molecule has 1 fully saturated rings. The summed E-state index contributed by atoms with van der Waals surface area (Å²) in [6, 6.07) is 13.6. The monoisotopic (exact) mass is 434 g/mol. The lowest BCUT2D eigenvalue weighted by molar-refractivity contribution is -0.142. The highest BCUT2D eigenvalue weighted by Crippen LogP contribution is 2.73. The summed E-state index contributed by atoms with van der Waals surface area (Å²) < 4.78 is 29.0. The van der Waals surface area contributed by atoms with Crippen molar-refractivity contribution in [2.24, 2.45) is 5.92 Å². The number of rotatable bonds is 6. The van der Waals surface area contributed by atoms with Crippen LogP contribution in [0.25, 0.3) is 0 Å². The number of methoxy groups -OCH3 is 1. The van der Waals surface area contributed by atoms with Gasteiger partial charge in [-0.3, -0.25) is 4.79 Å². The van der Waals surface area contributed by atoms with Crippen LogP contribution in [0.4, 0.5) is 4.11 Å². The van der Waals surface area contributed by atoms with Gasteiger partial charge >= 0.3 is 5.97 Å². The molecule has 0 saturated heterocycles. The minimum absolute atomic E-state index is 0.234. The van der Waals surface area contributed by atoms with Gasteiger partial charge in [0, 0.05) is 5.92 Å². The van der Waals surface area contributed by atoms with E-state index in [4.69, 9.17) is 9.15 Å². The minimum atomic E-state index is -3.48. The molecule has 1 aliphatic carbocycles. The van der Waals surface area contributed by atoms with Crippen LogP contribution in [0.5, 0.6) is 0 Å². The Balaban J connectivity index is 2.37. The molecule has 0 amide bonds. The van der Waals surface area contributed by atoms with Crippen molar-refractivity contribution < 1.29 is 18.1 Å². The number of carbonyl (C=O) groups is 1. The molecule has 1 aliphatic rings. The molecule has 3 rings (SSSR count). The SMILES string of the molecule is COC(=O)[C@H]1[C@H](c2ccccc2)[C@@]1(c1ccco1)[Si](F)([Si](C)(C)C)[Si](C)(C)C. The maximum absolute atomic E-state index is 17.9. The smallest absolute Gasteiger partial charge is 0.310 e. The van der Waals surface area contributed by atoms with Crippen LogP contribution in [-0.2, 0) is 14.6 Å². The van der Waals surface area contributed by atoms with Crippen LogP contribution < -0.4 is 0 Å². The second-order valence-electron chi connectivity index (χ2n) is 9.89. The van der Waals surface area contributed by atoms with Crippen molar-refractivity contribution in [3.63, 3.8) is 0 Å². The Kier molecular flexibility index (Phi) is 5.17. The third-order valence-electron chi connectivity index (χ3n) is 6.39. The van der Waals surface area contributed by atoms with E-state index in [1.54, 1.807) is 6.26 Å². The second kappa shape index (κ2) is 6.81. The Morgan fingerprint density at radius 1 is 1.00 bits per heavy atom. The summed E-state index contributed by atoms with van der Waals surface area (Å²) in [5, 5.41) is -0.889. The van der Waals surface area contributed by atoms with Gasteiger partial charge in [-0.25, -0.2) is 0 Å². The van der Waals surface area contributed by atoms with Gasteiger partial charge in [-0.05, 0) is 17.7 Å². The Hall–Kier alpha value is -1.45. The number of carbonyl (C=O) groups excluding carboxylic acids is 1. The Bertz CT molecular complexity index is 826. The van der Waals surface area contributed by atoms with Gasteiger partial charge in [-0.15, -0.1) is 0 Å². The van der Waals surface area contributed by atoms with Crippen LogP contribution in [-0.4, -0.2) is 35.7 Å². The first kappa shape index (κ1) is 21.3. The quantitative estimate of drug-likeness (QED) is 0.347. The predicted octanol–water partition coefficient (Wildman–Crippen LogP) is 5.39. The van der Waals surface area contributed by atoms with Crippen LogP contribution >= 0.6 is 0 Å². The summed E-state index contributed by atoms with van der Waals surface area (Å²) in [5.74, 6) is -0.448. The topological polar surface area (TPSA) is 39.4 Å². The fourth-order valence-corrected chi connectivity index (χ4v) is 49.4. The van der Waals surface area contributed by atoms with Crippen LogP contribution in [0, 0.1) is 5.92 Å². The molecule has 0 aliphatic heterocycles. The third kappa shape index (κ3) is 2.74. The summed E-state index contributed by atoms with van der Waals surface area (Å²) in [6.07, 6.45) is 1.61. The zero-order chi connectivity index (χ0) is 21.0. The summed E-state index contributed by atoms with van der Waals surface area (Å²) in [4.78, 5) is 13.0. The van der Waals surface area contributed by atoms with Crippen LogP contribution in [0.3, 0.4) is 0 Å². The summed E-state index contributed by atoms with van der Waals surface area (Å²) in [6.45, 7) is 12.8. The van der Waals surface area contributed by atoms with Gasteiger partial charge in [0.1, 0.15) is 5.76 Å². The molecule has 28 heavy (non-hydrogen) atoms. The highest BCUT2D eigenvalue weighted by Gasteiger charge is 2.86. The molecular formula is C21H31FO3Si3. The van der Waals surface area contributed by atoms with E-state index in [-0.39, 0.29) is 11.9 Å². The predicted molar refractivity (Wildman–Crippen MR) is 119 cm³/mol. The molecule has 3 atom stereocenters. The Morgan fingerprint density at radius 3 is 2.00 bits per heavy atom. The molecule has 3 nitrogen and oxygen atoms in total. The van der Waals surface area contributed by atoms with Gasteiger partial charge in [0.25, 0.3) is 0 Å². The lowest BCUT2D eigenvalue weighted by atomic mass is 10.1. The van der Waals surface area contributed by atoms with E-state index in [2.05, 4.69) is 39.3 Å². The molecule has 7 heteroatoms. The van der Waals surface area contributed by atoms with Gasteiger partial charge in [0.2, 0.25) is 7.44 Å². The third-order valence-corrected chi connectivity index (χ3v) is 40.9. The number of ether oxygens (including phenoxy) is 1. The van der Waals surface area contributed by atoms with E-state index in [0.29, 0.717) is 5.76 Å². The second-order valence-corrected chi connectivity index (χ2v) is 35.7. The van der Waals surface area contributed by atoms with Crippen molar-refractivity contribution in [2.45, 2.75) is 50.2 Å². The van der Waals surface area contributed by atoms with Gasteiger partial charge in [0.05, 0.1) is 39.5 Å². The van der Waals surface area contributed by atoms with Gasteiger partial charge in [-0.2, -0.15) is 0 Å². The molecule has 152 valence electrons. The van der Waals surface area contributed by atoms with Gasteiger partial charge in [-0.1, -0.05) is 69.6 Å². The highest BCUT2D eigenvalue weighted by atomic mass is 29.7. The van der Waals surface area contributed by atoms with E-state index >= 15 is 4.11 Å². The standard InChI is InChI=1S/C21H31FO3Si3/c1-24-20(23)19-18(16-12-9-8-10-13-16)21(19,17-14-11-15-25-17)28(22,26(2,3)4)27(5,6)7/h8-15,18-19H,1-7H3/t18-,19+,21+/m0/s1. The lowest BCUT2D eigenvalue weighted by Crippen LogP contribution is -2.76. The lowest BCUT2D eigenvalue weighted by Gasteiger charge is -2.48. The first-order valence-electron chi connectivity index (χ1n) is 9.80. The number of benzene rings is 1. The molecule has 1 heterocycles. The summed E-state index contributed by atoms with van der Waals surface area (Å²) in [7, 11) is -6.64. The molecule has 0 unspecified atom stereocenters. The van der Waals surface area contributed by atoms with Gasteiger partial charge < -0.3 is 13.3 Å². The van der Waals surface area contributed by atoms with E-state index in [0.717, 1.165) is 5.56 Å². The zero-order valence-electron chi connectivity index (χ0n) is 17.9. The molecule has 0 radical (unpaired) electrons. The molecule has 1 aromatic carbocycles. The molecule has 0 N–H and O–H groups in total. The number of esters is 1. The minimum Gasteiger partial charge on any atom is -0.469 e. The average Bonchev–Trinajstić information content (AvgIpc) is 3.01. The fourth-order valence-electron chi connectivity index (χ4n) is 5.74. The van der Waals surface area contributed by atoms with E-state index in [1.807, 2.05) is 42.5 Å². The van der Waals surface area contributed by atoms with Crippen LogP contribution in [0.1, 0.15) is 17.2 Å². The number of furan rings is 1. The first-order valence-corrected chi connectivity index (χ1v) is 20.7. The average molecular weight is 435 g/mol. The normalized spacial score (nSPS) is 25.4. The Morgan fingerprint density at radius 2 is 1.57 bits per heavy atom. The number of hydrogen-bond donors (Lipinski definition) is 0. The molecule has 1 saturated carbocycles. The van der Waals surface area contributed by atoms with E-state index in [1.165, 1.54) is 7.11 Å². The van der Waals surface area contributed by atoms with Crippen molar-refractivity contribution in [1.82, 2.24) is 0 Å². The fraction of sp³-hybridized carbons (Fsp3) is 0.476. The van der Waals surface area contributed by atoms with E-state index in [9.17, 15) is 4.79 Å². The number of hydrogen-bond acceptors (Lipinski definition) is 3. The van der Waals surface area contributed by atoms with Crippen molar-refractivity contribution in [3.05, 3.63) is 60.1 Å². The van der Waals surface area contributed by atoms with Crippen molar-refractivity contribution in [1.29, 1.82) is 0 Å². The molecule has 2 aromatic rings. The Labute approximate surface area is 170 Å². The van der Waals surface area contributed by atoms with Crippen molar-refractivity contribution in [3.8, 4) is 0 Å². The van der Waals surface area contributed by atoms with Gasteiger partial charge in [0.15, 0.2) is 0 Å². The van der Waals surface area contributed by atoms with Crippen LogP contribution in [0.15, 0.2) is 53.1 Å².